The average Bonchev–Trinajstić information content (AvgIpc) is 2.95. The first-order valence-corrected chi connectivity index (χ1v) is 8.43. The summed E-state index contributed by atoms with van der Waals surface area (Å²) < 4.78 is 13.1. The standard InChI is InChI=1S/C20H20N2O3/c1-3-14(11-12-21)25-15-9-10-18-19(20(23)24-4-2)16-7-5-6-8-17(16)22(18)13-15/h5-10,13-14H,3-4,11H2,1-2H3. The number of hydrogen-bond acceptors (Lipinski definition) is 4. The third-order valence-electron chi connectivity index (χ3n) is 4.17. The van der Waals surface area contributed by atoms with Gasteiger partial charge in [0, 0.05) is 5.39 Å². The molecule has 25 heavy (non-hydrogen) atoms. The van der Waals surface area contributed by atoms with Crippen molar-refractivity contribution in [2.75, 3.05) is 6.61 Å². The van der Waals surface area contributed by atoms with Gasteiger partial charge in [0.1, 0.15) is 11.9 Å². The second kappa shape index (κ2) is 7.27. The Labute approximate surface area is 146 Å². The van der Waals surface area contributed by atoms with Crippen LogP contribution in [-0.2, 0) is 4.74 Å². The molecule has 0 saturated heterocycles. The van der Waals surface area contributed by atoms with Gasteiger partial charge < -0.3 is 13.9 Å². The Bertz CT molecular complexity index is 953. The summed E-state index contributed by atoms with van der Waals surface area (Å²) in [7, 11) is 0. The molecule has 128 valence electrons. The summed E-state index contributed by atoms with van der Waals surface area (Å²) >= 11 is 0. The molecule has 0 saturated carbocycles. The number of esters is 1. The van der Waals surface area contributed by atoms with E-state index in [0.29, 0.717) is 24.3 Å². The van der Waals surface area contributed by atoms with E-state index in [2.05, 4.69) is 6.07 Å². The summed E-state index contributed by atoms with van der Waals surface area (Å²) in [6.07, 6.45) is 2.82. The Morgan fingerprint density at radius 3 is 2.72 bits per heavy atom. The summed E-state index contributed by atoms with van der Waals surface area (Å²) in [5.41, 5.74) is 2.26. The van der Waals surface area contributed by atoms with Gasteiger partial charge in [0.25, 0.3) is 0 Å². The zero-order chi connectivity index (χ0) is 17.8. The van der Waals surface area contributed by atoms with Crippen molar-refractivity contribution in [3.05, 3.63) is 48.2 Å². The maximum absolute atomic E-state index is 12.4. The fourth-order valence-corrected chi connectivity index (χ4v) is 2.97. The number of para-hydroxylation sites is 1. The number of hydrogen-bond donors (Lipinski definition) is 0. The van der Waals surface area contributed by atoms with Crippen LogP contribution in [0.2, 0.25) is 0 Å². The Morgan fingerprint density at radius 2 is 2.00 bits per heavy atom. The van der Waals surface area contributed by atoms with Crippen molar-refractivity contribution < 1.29 is 14.3 Å². The van der Waals surface area contributed by atoms with Gasteiger partial charge in [-0.05, 0) is 31.5 Å². The van der Waals surface area contributed by atoms with E-state index in [1.54, 1.807) is 6.92 Å². The monoisotopic (exact) mass is 336 g/mol. The summed E-state index contributed by atoms with van der Waals surface area (Å²) in [6.45, 7) is 4.12. The molecule has 2 aromatic heterocycles. The van der Waals surface area contributed by atoms with Crippen LogP contribution in [0.25, 0.3) is 16.4 Å². The lowest BCUT2D eigenvalue weighted by Crippen LogP contribution is -2.14. The number of fused-ring (bicyclic) bond motifs is 3. The third-order valence-corrected chi connectivity index (χ3v) is 4.17. The molecule has 0 aliphatic heterocycles. The number of ether oxygens (including phenoxy) is 2. The van der Waals surface area contributed by atoms with E-state index >= 15 is 0 Å². The second-order valence-corrected chi connectivity index (χ2v) is 5.74. The normalized spacial score (nSPS) is 12.0. The highest BCUT2D eigenvalue weighted by atomic mass is 16.5. The van der Waals surface area contributed by atoms with Crippen LogP contribution < -0.4 is 4.74 Å². The van der Waals surface area contributed by atoms with E-state index < -0.39 is 0 Å². The van der Waals surface area contributed by atoms with Crippen LogP contribution in [-0.4, -0.2) is 23.1 Å². The summed E-state index contributed by atoms with van der Waals surface area (Å²) in [5.74, 6) is 0.344. The van der Waals surface area contributed by atoms with Crippen LogP contribution in [0, 0.1) is 11.3 Å². The number of benzene rings is 1. The number of carbonyl (C=O) groups excluding carboxylic acids is 1. The molecular weight excluding hydrogens is 316 g/mol. The van der Waals surface area contributed by atoms with Gasteiger partial charge in [-0.15, -0.1) is 0 Å². The molecule has 0 aliphatic carbocycles. The molecule has 5 heteroatoms. The lowest BCUT2D eigenvalue weighted by molar-refractivity contribution is 0.0531. The minimum Gasteiger partial charge on any atom is -0.488 e. The van der Waals surface area contributed by atoms with E-state index in [0.717, 1.165) is 22.8 Å². The zero-order valence-corrected chi connectivity index (χ0v) is 14.4. The van der Waals surface area contributed by atoms with Gasteiger partial charge >= 0.3 is 5.97 Å². The lowest BCUT2D eigenvalue weighted by Gasteiger charge is -2.15. The Kier molecular flexibility index (Phi) is 4.90. The summed E-state index contributed by atoms with van der Waals surface area (Å²) in [5, 5.41) is 9.74. The number of nitriles is 1. The predicted molar refractivity (Wildman–Crippen MR) is 95.8 cm³/mol. The fraction of sp³-hybridized carbons (Fsp3) is 0.300. The first-order valence-electron chi connectivity index (χ1n) is 8.43. The molecule has 0 radical (unpaired) electrons. The molecule has 2 heterocycles. The van der Waals surface area contributed by atoms with Crippen molar-refractivity contribution >= 4 is 22.4 Å². The molecule has 1 atom stereocenters. The van der Waals surface area contributed by atoms with E-state index in [1.165, 1.54) is 0 Å². The predicted octanol–water partition coefficient (Wildman–Crippen LogP) is 4.34. The van der Waals surface area contributed by atoms with E-state index in [1.807, 2.05) is 53.9 Å². The highest BCUT2D eigenvalue weighted by Gasteiger charge is 2.19. The fourth-order valence-electron chi connectivity index (χ4n) is 2.97. The first kappa shape index (κ1) is 16.8. The van der Waals surface area contributed by atoms with Gasteiger partial charge in [0.05, 0.1) is 41.9 Å². The third kappa shape index (κ3) is 3.16. The highest BCUT2D eigenvalue weighted by Crippen LogP contribution is 2.29. The van der Waals surface area contributed by atoms with Crippen molar-refractivity contribution in [1.29, 1.82) is 5.26 Å². The average molecular weight is 336 g/mol. The summed E-state index contributed by atoms with van der Waals surface area (Å²) in [4.78, 5) is 12.4. The van der Waals surface area contributed by atoms with Gasteiger partial charge in [0.15, 0.2) is 0 Å². The molecule has 0 aliphatic rings. The molecule has 3 rings (SSSR count). The molecule has 0 fully saturated rings. The quantitative estimate of drug-likeness (QED) is 0.628. The Hall–Kier alpha value is -3.00. The molecular formula is C20H20N2O3. The molecule has 1 aromatic carbocycles. The smallest absolute Gasteiger partial charge is 0.340 e. The topological polar surface area (TPSA) is 63.7 Å². The van der Waals surface area contributed by atoms with E-state index in [9.17, 15) is 4.79 Å². The second-order valence-electron chi connectivity index (χ2n) is 5.74. The van der Waals surface area contributed by atoms with Crippen molar-refractivity contribution in [2.24, 2.45) is 0 Å². The SMILES string of the molecule is CCOC(=O)c1c2ccccc2n2cc(OC(CC)CC#N)ccc12. The number of carbonyl (C=O) groups is 1. The van der Waals surface area contributed by atoms with Crippen LogP contribution in [0.1, 0.15) is 37.0 Å². The molecule has 0 amide bonds. The molecule has 1 unspecified atom stereocenters. The van der Waals surface area contributed by atoms with Crippen molar-refractivity contribution in [1.82, 2.24) is 4.40 Å². The van der Waals surface area contributed by atoms with Crippen LogP contribution in [0.4, 0.5) is 0 Å². The minimum absolute atomic E-state index is 0.145. The van der Waals surface area contributed by atoms with Crippen molar-refractivity contribution in [3.63, 3.8) is 0 Å². The molecule has 0 N–H and O–H groups in total. The molecule has 0 bridgehead atoms. The van der Waals surface area contributed by atoms with Crippen LogP contribution in [0.15, 0.2) is 42.6 Å². The van der Waals surface area contributed by atoms with Gasteiger partial charge in [0.2, 0.25) is 0 Å². The Morgan fingerprint density at radius 1 is 1.20 bits per heavy atom. The maximum atomic E-state index is 12.4. The number of nitrogens with zero attached hydrogens (tertiary/aromatic N) is 2. The molecule has 0 spiro atoms. The minimum atomic E-state index is -0.328. The van der Waals surface area contributed by atoms with Crippen molar-refractivity contribution in [3.8, 4) is 11.8 Å². The maximum Gasteiger partial charge on any atom is 0.340 e. The zero-order valence-electron chi connectivity index (χ0n) is 14.4. The van der Waals surface area contributed by atoms with Crippen LogP contribution in [0.3, 0.4) is 0 Å². The summed E-state index contributed by atoms with van der Waals surface area (Å²) in [6, 6.07) is 13.6. The molecule has 5 nitrogen and oxygen atoms in total. The Balaban J connectivity index is 2.12. The van der Waals surface area contributed by atoms with Gasteiger partial charge in [-0.3, -0.25) is 0 Å². The van der Waals surface area contributed by atoms with Crippen molar-refractivity contribution in [2.45, 2.75) is 32.8 Å². The number of rotatable bonds is 6. The van der Waals surface area contributed by atoms with E-state index in [4.69, 9.17) is 14.7 Å². The van der Waals surface area contributed by atoms with Crippen LogP contribution in [0.5, 0.6) is 5.75 Å². The number of pyridine rings is 1. The van der Waals surface area contributed by atoms with Gasteiger partial charge in [-0.2, -0.15) is 5.26 Å². The first-order chi connectivity index (χ1) is 12.2. The lowest BCUT2D eigenvalue weighted by atomic mass is 10.1. The largest absolute Gasteiger partial charge is 0.488 e. The highest BCUT2D eigenvalue weighted by molar-refractivity contribution is 6.11. The number of aromatic nitrogens is 1. The van der Waals surface area contributed by atoms with Gasteiger partial charge in [-0.1, -0.05) is 25.1 Å². The molecule has 3 aromatic rings. The van der Waals surface area contributed by atoms with Gasteiger partial charge in [-0.25, -0.2) is 4.79 Å². The van der Waals surface area contributed by atoms with E-state index in [-0.39, 0.29) is 12.1 Å². The van der Waals surface area contributed by atoms with Crippen LogP contribution >= 0.6 is 0 Å².